The lowest BCUT2D eigenvalue weighted by Gasteiger charge is -2.11. The van der Waals surface area contributed by atoms with Crippen LogP contribution in [0.25, 0.3) is 0 Å². The molecule has 0 spiro atoms. The molecule has 5 nitrogen and oxygen atoms in total. The summed E-state index contributed by atoms with van der Waals surface area (Å²) in [6, 6.07) is 14.8. The molecule has 0 saturated heterocycles. The summed E-state index contributed by atoms with van der Waals surface area (Å²) in [5.41, 5.74) is 1.42. The van der Waals surface area contributed by atoms with Crippen LogP contribution in [0.2, 0.25) is 0 Å². The minimum absolute atomic E-state index is 0.380. The van der Waals surface area contributed by atoms with E-state index in [1.807, 2.05) is 30.3 Å². The first kappa shape index (κ1) is 16.8. The van der Waals surface area contributed by atoms with Gasteiger partial charge in [-0.05, 0) is 17.7 Å². The van der Waals surface area contributed by atoms with Gasteiger partial charge in [-0.25, -0.2) is 4.79 Å². The number of carbonyl (C=O) groups excluding carboxylic acids is 1. The summed E-state index contributed by atoms with van der Waals surface area (Å²) in [5.74, 6) is 0.643. The highest BCUT2D eigenvalue weighted by Gasteiger charge is 2.11. The van der Waals surface area contributed by atoms with E-state index >= 15 is 0 Å². The second kappa shape index (κ2) is 8.80. The Morgan fingerprint density at radius 1 is 0.913 bits per heavy atom. The van der Waals surface area contributed by atoms with Crippen LogP contribution in [0.4, 0.5) is 0 Å². The van der Waals surface area contributed by atoms with Crippen LogP contribution in [-0.4, -0.2) is 33.4 Å². The minimum atomic E-state index is -0.438. The molecular weight excluding hydrogens is 296 g/mol. The molecule has 0 aliphatic heterocycles. The van der Waals surface area contributed by atoms with Crippen LogP contribution in [-0.2, 0) is 16.1 Å². The fourth-order valence-corrected chi connectivity index (χ4v) is 1.96. The van der Waals surface area contributed by atoms with Gasteiger partial charge in [0.1, 0.15) is 24.7 Å². The lowest BCUT2D eigenvalue weighted by Crippen LogP contribution is -2.07. The van der Waals surface area contributed by atoms with Crippen molar-refractivity contribution >= 4 is 5.97 Å². The Morgan fingerprint density at radius 2 is 1.61 bits per heavy atom. The summed E-state index contributed by atoms with van der Waals surface area (Å²) in [7, 11) is 2.94. The van der Waals surface area contributed by atoms with Gasteiger partial charge in [0.15, 0.2) is 0 Å². The Morgan fingerprint density at radius 3 is 2.26 bits per heavy atom. The van der Waals surface area contributed by atoms with Crippen LogP contribution in [0.3, 0.4) is 0 Å². The molecule has 2 aromatic rings. The van der Waals surface area contributed by atoms with E-state index in [-0.39, 0.29) is 0 Å². The second-order valence-corrected chi connectivity index (χ2v) is 4.80. The number of hydrogen-bond acceptors (Lipinski definition) is 5. The van der Waals surface area contributed by atoms with Crippen molar-refractivity contribution in [3.8, 4) is 11.5 Å². The van der Waals surface area contributed by atoms with Gasteiger partial charge in [-0.2, -0.15) is 0 Å². The molecule has 0 heterocycles. The van der Waals surface area contributed by atoms with Gasteiger partial charge in [0.05, 0.1) is 19.3 Å². The van der Waals surface area contributed by atoms with Crippen LogP contribution in [0.1, 0.15) is 15.9 Å². The maximum atomic E-state index is 11.8. The van der Waals surface area contributed by atoms with Crippen molar-refractivity contribution in [1.29, 1.82) is 0 Å². The van der Waals surface area contributed by atoms with Gasteiger partial charge in [0.25, 0.3) is 0 Å². The van der Waals surface area contributed by atoms with Gasteiger partial charge in [0.2, 0.25) is 0 Å². The average molecular weight is 316 g/mol. The highest BCUT2D eigenvalue weighted by atomic mass is 16.5. The van der Waals surface area contributed by atoms with Gasteiger partial charge in [-0.1, -0.05) is 30.3 Å². The first-order valence-corrected chi connectivity index (χ1v) is 7.25. The molecule has 0 N–H and O–H groups in total. The third kappa shape index (κ3) is 5.30. The van der Waals surface area contributed by atoms with Crippen molar-refractivity contribution in [2.24, 2.45) is 0 Å². The Kier molecular flexibility index (Phi) is 6.44. The first-order valence-electron chi connectivity index (χ1n) is 7.25. The number of esters is 1. The van der Waals surface area contributed by atoms with E-state index in [4.69, 9.17) is 18.9 Å². The van der Waals surface area contributed by atoms with Gasteiger partial charge in [-0.15, -0.1) is 0 Å². The maximum absolute atomic E-state index is 11.8. The molecule has 0 radical (unpaired) electrons. The zero-order valence-electron chi connectivity index (χ0n) is 13.3. The molecule has 0 amide bonds. The molecule has 23 heavy (non-hydrogen) atoms. The van der Waals surface area contributed by atoms with Crippen molar-refractivity contribution in [2.75, 3.05) is 27.4 Å². The summed E-state index contributed by atoms with van der Waals surface area (Å²) in [4.78, 5) is 11.8. The molecule has 0 aromatic heterocycles. The number of rotatable bonds is 8. The van der Waals surface area contributed by atoms with E-state index in [9.17, 15) is 4.79 Å². The smallest absolute Gasteiger partial charge is 0.338 e. The van der Waals surface area contributed by atoms with Gasteiger partial charge in [-0.3, -0.25) is 0 Å². The number of benzene rings is 2. The van der Waals surface area contributed by atoms with Crippen LogP contribution in [0, 0.1) is 0 Å². The van der Waals surface area contributed by atoms with Crippen molar-refractivity contribution in [3.63, 3.8) is 0 Å². The summed E-state index contributed by atoms with van der Waals surface area (Å²) < 4.78 is 21.0. The predicted molar refractivity (Wildman–Crippen MR) is 85.9 cm³/mol. The monoisotopic (exact) mass is 316 g/mol. The van der Waals surface area contributed by atoms with Crippen molar-refractivity contribution in [2.45, 2.75) is 6.61 Å². The first-order chi connectivity index (χ1) is 11.2. The van der Waals surface area contributed by atoms with Crippen LogP contribution >= 0.6 is 0 Å². The van der Waals surface area contributed by atoms with E-state index in [0.29, 0.717) is 36.9 Å². The molecule has 122 valence electrons. The number of hydrogen-bond donors (Lipinski definition) is 0. The topological polar surface area (TPSA) is 54.0 Å². The summed E-state index contributed by atoms with van der Waals surface area (Å²) in [6.45, 7) is 1.25. The minimum Gasteiger partial charge on any atom is -0.491 e. The molecule has 0 unspecified atom stereocenters. The molecule has 0 aliphatic carbocycles. The Balaban J connectivity index is 2.12. The van der Waals surface area contributed by atoms with E-state index in [0.717, 1.165) is 5.56 Å². The summed E-state index contributed by atoms with van der Waals surface area (Å²) >= 11 is 0. The SMILES string of the molecule is COCCOc1cc(OCc2ccccc2)cc(C(=O)OC)c1. The van der Waals surface area contributed by atoms with E-state index in [2.05, 4.69) is 0 Å². The third-order valence-corrected chi connectivity index (χ3v) is 3.11. The molecule has 0 fully saturated rings. The van der Waals surface area contributed by atoms with Crippen LogP contribution < -0.4 is 9.47 Å². The van der Waals surface area contributed by atoms with Crippen molar-refractivity contribution in [3.05, 3.63) is 59.7 Å². The Hall–Kier alpha value is -2.53. The average Bonchev–Trinajstić information content (AvgIpc) is 2.60. The standard InChI is InChI=1S/C18H20O5/c1-20-8-9-22-16-10-15(18(19)21-2)11-17(12-16)23-13-14-6-4-3-5-7-14/h3-7,10-12H,8-9,13H2,1-2H3. The normalized spacial score (nSPS) is 10.2. The van der Waals surface area contributed by atoms with E-state index < -0.39 is 5.97 Å². The second-order valence-electron chi connectivity index (χ2n) is 4.80. The van der Waals surface area contributed by atoms with Gasteiger partial charge >= 0.3 is 5.97 Å². The molecule has 0 aliphatic rings. The van der Waals surface area contributed by atoms with Crippen LogP contribution in [0.15, 0.2) is 48.5 Å². The molecule has 0 saturated carbocycles. The lowest BCUT2D eigenvalue weighted by atomic mass is 10.2. The van der Waals surface area contributed by atoms with E-state index in [1.54, 1.807) is 25.3 Å². The number of methoxy groups -OCH3 is 2. The highest BCUT2D eigenvalue weighted by molar-refractivity contribution is 5.90. The molecule has 2 rings (SSSR count). The molecule has 5 heteroatoms. The van der Waals surface area contributed by atoms with E-state index in [1.165, 1.54) is 7.11 Å². The fourth-order valence-electron chi connectivity index (χ4n) is 1.96. The maximum Gasteiger partial charge on any atom is 0.338 e. The van der Waals surface area contributed by atoms with Crippen molar-refractivity contribution in [1.82, 2.24) is 0 Å². The summed E-state index contributed by atoms with van der Waals surface area (Å²) in [6.07, 6.45) is 0. The predicted octanol–water partition coefficient (Wildman–Crippen LogP) is 3.08. The highest BCUT2D eigenvalue weighted by Crippen LogP contribution is 2.24. The van der Waals surface area contributed by atoms with Crippen molar-refractivity contribution < 1.29 is 23.7 Å². The molecule has 0 atom stereocenters. The fraction of sp³-hybridized carbons (Fsp3) is 0.278. The largest absolute Gasteiger partial charge is 0.491 e. The van der Waals surface area contributed by atoms with Crippen LogP contribution in [0.5, 0.6) is 11.5 Å². The zero-order valence-corrected chi connectivity index (χ0v) is 13.3. The van der Waals surface area contributed by atoms with Gasteiger partial charge in [0, 0.05) is 13.2 Å². The summed E-state index contributed by atoms with van der Waals surface area (Å²) in [5, 5.41) is 0. The lowest BCUT2D eigenvalue weighted by molar-refractivity contribution is 0.0599. The molecular formula is C18H20O5. The third-order valence-electron chi connectivity index (χ3n) is 3.11. The Labute approximate surface area is 135 Å². The quantitative estimate of drug-likeness (QED) is 0.553. The zero-order chi connectivity index (χ0) is 16.5. The molecule has 2 aromatic carbocycles. The Bertz CT molecular complexity index is 625. The van der Waals surface area contributed by atoms with Gasteiger partial charge < -0.3 is 18.9 Å². The molecule has 0 bridgehead atoms. The number of carbonyl (C=O) groups is 1. The number of ether oxygens (including phenoxy) is 4.